The number of pyridine rings is 1. The highest BCUT2D eigenvalue weighted by Crippen LogP contribution is 2.33. The summed E-state index contributed by atoms with van der Waals surface area (Å²) >= 11 is 0. The third-order valence-corrected chi connectivity index (χ3v) is 4.67. The smallest absolute Gasteiger partial charge is 0.229 e. The number of nitrogens with one attached hydrogen (secondary N) is 2. The molecule has 3 aromatic heterocycles. The molecule has 31 heavy (non-hydrogen) atoms. The van der Waals surface area contributed by atoms with Crippen LogP contribution in [0, 0.1) is 0 Å². The Bertz CT molecular complexity index is 1340. The molecule has 152 valence electrons. The van der Waals surface area contributed by atoms with Crippen LogP contribution in [0.2, 0.25) is 0 Å². The molecule has 2 N–H and O–H groups in total. The highest BCUT2D eigenvalue weighted by Gasteiger charge is 2.11. The van der Waals surface area contributed by atoms with Crippen molar-refractivity contribution < 1.29 is 9.15 Å². The summed E-state index contributed by atoms with van der Waals surface area (Å²) in [6, 6.07) is 17.4. The maximum Gasteiger partial charge on any atom is 0.229 e. The molecule has 0 radical (unpaired) electrons. The summed E-state index contributed by atoms with van der Waals surface area (Å²) in [5.41, 5.74) is 3.39. The minimum Gasteiger partial charge on any atom is -0.496 e. The van der Waals surface area contributed by atoms with Crippen LogP contribution in [0.25, 0.3) is 22.2 Å². The quantitative estimate of drug-likeness (QED) is 0.395. The van der Waals surface area contributed by atoms with E-state index in [9.17, 15) is 0 Å². The second-order valence-electron chi connectivity index (χ2n) is 6.71. The number of hydrogen-bond donors (Lipinski definition) is 2. The lowest BCUT2D eigenvalue weighted by molar-refractivity contribution is 0.415. The number of nitrogens with zero attached hydrogens (tertiary/aromatic N) is 4. The van der Waals surface area contributed by atoms with Gasteiger partial charge in [-0.2, -0.15) is 4.98 Å². The maximum atomic E-state index is 5.50. The molecule has 0 saturated carbocycles. The SMILES string of the molecule is COc1cc(Nc2nccc(Nc3cnc4ccccc4c3)n2)ccc1-c1cnco1. The predicted octanol–water partition coefficient (Wildman–Crippen LogP) is 5.18. The molecular formula is C23H18N6O2. The number of oxazole rings is 1. The Hall–Kier alpha value is -4.46. The van der Waals surface area contributed by atoms with Gasteiger partial charge in [0.25, 0.3) is 0 Å². The fourth-order valence-electron chi connectivity index (χ4n) is 3.23. The Kier molecular flexibility index (Phi) is 4.86. The van der Waals surface area contributed by atoms with Crippen molar-refractivity contribution >= 4 is 34.0 Å². The Balaban J connectivity index is 1.36. The molecule has 0 saturated heterocycles. The first-order valence-corrected chi connectivity index (χ1v) is 9.57. The highest BCUT2D eigenvalue weighted by molar-refractivity contribution is 5.82. The average molecular weight is 410 g/mol. The summed E-state index contributed by atoms with van der Waals surface area (Å²) in [6.45, 7) is 0. The summed E-state index contributed by atoms with van der Waals surface area (Å²) in [4.78, 5) is 17.3. The van der Waals surface area contributed by atoms with Crippen LogP contribution in [0.15, 0.2) is 84.0 Å². The maximum absolute atomic E-state index is 5.50. The van der Waals surface area contributed by atoms with Crippen molar-refractivity contribution in [2.45, 2.75) is 0 Å². The van der Waals surface area contributed by atoms with Crippen LogP contribution in [0.3, 0.4) is 0 Å². The fourth-order valence-corrected chi connectivity index (χ4v) is 3.23. The van der Waals surface area contributed by atoms with Gasteiger partial charge in [0, 0.05) is 23.3 Å². The largest absolute Gasteiger partial charge is 0.496 e. The minimum absolute atomic E-state index is 0.452. The lowest BCUT2D eigenvalue weighted by atomic mass is 10.1. The number of para-hydroxylation sites is 1. The van der Waals surface area contributed by atoms with Crippen LogP contribution < -0.4 is 15.4 Å². The number of rotatable bonds is 6. The molecule has 0 aliphatic heterocycles. The molecular weight excluding hydrogens is 392 g/mol. The molecule has 0 bridgehead atoms. The summed E-state index contributed by atoms with van der Waals surface area (Å²) in [5.74, 6) is 2.39. The van der Waals surface area contributed by atoms with Crippen molar-refractivity contribution in [1.29, 1.82) is 0 Å². The minimum atomic E-state index is 0.452. The number of fused-ring (bicyclic) bond motifs is 1. The normalized spacial score (nSPS) is 10.7. The summed E-state index contributed by atoms with van der Waals surface area (Å²) < 4.78 is 10.9. The number of methoxy groups -OCH3 is 1. The predicted molar refractivity (Wildman–Crippen MR) is 119 cm³/mol. The van der Waals surface area contributed by atoms with Gasteiger partial charge < -0.3 is 19.8 Å². The number of aromatic nitrogens is 4. The van der Waals surface area contributed by atoms with Crippen LogP contribution in [0.1, 0.15) is 0 Å². The van der Waals surface area contributed by atoms with Gasteiger partial charge in [-0.1, -0.05) is 18.2 Å². The number of anilines is 4. The monoisotopic (exact) mass is 410 g/mol. The lowest BCUT2D eigenvalue weighted by Gasteiger charge is -2.11. The third-order valence-electron chi connectivity index (χ3n) is 4.67. The topological polar surface area (TPSA) is 98.0 Å². The molecule has 2 aromatic carbocycles. The molecule has 0 fully saturated rings. The van der Waals surface area contributed by atoms with E-state index in [1.54, 1.807) is 31.8 Å². The van der Waals surface area contributed by atoms with Crippen LogP contribution in [-0.4, -0.2) is 27.0 Å². The third kappa shape index (κ3) is 3.99. The van der Waals surface area contributed by atoms with E-state index in [0.29, 0.717) is 23.3 Å². The van der Waals surface area contributed by atoms with Gasteiger partial charge in [-0.3, -0.25) is 4.98 Å². The summed E-state index contributed by atoms with van der Waals surface area (Å²) in [5, 5.41) is 7.53. The van der Waals surface area contributed by atoms with Crippen molar-refractivity contribution in [3.05, 3.63) is 79.6 Å². The molecule has 8 heteroatoms. The van der Waals surface area contributed by atoms with E-state index in [2.05, 4.69) is 30.6 Å². The number of hydrogen-bond acceptors (Lipinski definition) is 8. The Labute approximate surface area is 178 Å². The molecule has 5 rings (SSSR count). The van der Waals surface area contributed by atoms with Gasteiger partial charge in [0.15, 0.2) is 12.2 Å². The van der Waals surface area contributed by atoms with E-state index < -0.39 is 0 Å². The van der Waals surface area contributed by atoms with Crippen LogP contribution in [-0.2, 0) is 0 Å². The van der Waals surface area contributed by atoms with Crippen molar-refractivity contribution in [3.63, 3.8) is 0 Å². The molecule has 5 aromatic rings. The first kappa shape index (κ1) is 18.6. The molecule has 0 unspecified atom stereocenters. The zero-order chi connectivity index (χ0) is 21.0. The van der Waals surface area contributed by atoms with Crippen molar-refractivity contribution in [2.75, 3.05) is 17.7 Å². The Morgan fingerprint density at radius 3 is 2.71 bits per heavy atom. The van der Waals surface area contributed by atoms with Gasteiger partial charge in [-0.25, -0.2) is 9.97 Å². The molecule has 3 heterocycles. The molecule has 8 nitrogen and oxygen atoms in total. The van der Waals surface area contributed by atoms with Crippen molar-refractivity contribution in [2.24, 2.45) is 0 Å². The van der Waals surface area contributed by atoms with Gasteiger partial charge in [0.1, 0.15) is 11.6 Å². The fraction of sp³-hybridized carbons (Fsp3) is 0.0435. The van der Waals surface area contributed by atoms with E-state index in [4.69, 9.17) is 9.15 Å². The van der Waals surface area contributed by atoms with Gasteiger partial charge >= 0.3 is 0 Å². The van der Waals surface area contributed by atoms with Gasteiger partial charge in [0.05, 0.1) is 36.3 Å². The van der Waals surface area contributed by atoms with Crippen LogP contribution >= 0.6 is 0 Å². The number of benzene rings is 2. The second-order valence-corrected chi connectivity index (χ2v) is 6.71. The van der Waals surface area contributed by atoms with Gasteiger partial charge in [-0.05, 0) is 30.3 Å². The molecule has 0 spiro atoms. The van der Waals surface area contributed by atoms with E-state index >= 15 is 0 Å². The first-order valence-electron chi connectivity index (χ1n) is 9.57. The standard InChI is InChI=1S/C23H18N6O2/c1-30-20-11-16(6-7-18(20)21-13-24-14-31-21)28-23-25-9-8-22(29-23)27-17-10-15-4-2-3-5-19(15)26-12-17/h2-14H,1H3,(H2,25,27,28,29). The molecule has 0 aliphatic carbocycles. The van der Waals surface area contributed by atoms with Crippen molar-refractivity contribution in [3.8, 4) is 17.1 Å². The Morgan fingerprint density at radius 2 is 1.84 bits per heavy atom. The van der Waals surface area contributed by atoms with Gasteiger partial charge in [0.2, 0.25) is 5.95 Å². The first-order chi connectivity index (χ1) is 15.3. The Morgan fingerprint density at radius 1 is 0.903 bits per heavy atom. The van der Waals surface area contributed by atoms with E-state index in [-0.39, 0.29) is 0 Å². The molecule has 0 aliphatic rings. The van der Waals surface area contributed by atoms with Crippen molar-refractivity contribution in [1.82, 2.24) is 19.9 Å². The second kappa shape index (κ2) is 8.11. The van der Waals surface area contributed by atoms with E-state index in [1.807, 2.05) is 48.5 Å². The number of ether oxygens (including phenoxy) is 1. The molecule has 0 atom stereocenters. The van der Waals surface area contributed by atoms with E-state index in [0.717, 1.165) is 27.8 Å². The van der Waals surface area contributed by atoms with Crippen LogP contribution in [0.4, 0.5) is 23.1 Å². The van der Waals surface area contributed by atoms with E-state index in [1.165, 1.54) is 6.39 Å². The lowest BCUT2D eigenvalue weighted by Crippen LogP contribution is -2.01. The summed E-state index contributed by atoms with van der Waals surface area (Å²) in [6.07, 6.45) is 6.50. The zero-order valence-electron chi connectivity index (χ0n) is 16.6. The summed E-state index contributed by atoms with van der Waals surface area (Å²) in [7, 11) is 1.61. The van der Waals surface area contributed by atoms with Crippen LogP contribution in [0.5, 0.6) is 5.75 Å². The highest BCUT2D eigenvalue weighted by atomic mass is 16.5. The average Bonchev–Trinajstić information content (AvgIpc) is 3.34. The van der Waals surface area contributed by atoms with Gasteiger partial charge in [-0.15, -0.1) is 0 Å². The molecule has 0 amide bonds. The zero-order valence-corrected chi connectivity index (χ0v) is 16.6.